The third-order valence-corrected chi connectivity index (χ3v) is 4.95. The molecule has 2 aromatic rings. The van der Waals surface area contributed by atoms with Crippen molar-refractivity contribution in [2.75, 3.05) is 39.1 Å². The normalized spacial score (nSPS) is 17.6. The molecule has 8 heteroatoms. The Balaban J connectivity index is 1.61. The molecule has 0 spiro atoms. The summed E-state index contributed by atoms with van der Waals surface area (Å²) in [6.07, 6.45) is 1.03. The molecular weight excluding hydrogens is 344 g/mol. The van der Waals surface area contributed by atoms with Crippen LogP contribution >= 0.6 is 0 Å². The SMILES string of the molecule is Cc1ccc(O)c(CN2CC[C@H](N(C)Cc3cc(=O)[nH]c(N(C)C)n3)C2)n1. The Labute approximate surface area is 159 Å². The van der Waals surface area contributed by atoms with Crippen LogP contribution < -0.4 is 10.5 Å². The number of aromatic hydroxyl groups is 1. The first kappa shape index (κ1) is 19.3. The predicted octanol–water partition coefficient (Wildman–Crippen LogP) is 0.951. The summed E-state index contributed by atoms with van der Waals surface area (Å²) in [7, 11) is 5.78. The minimum Gasteiger partial charge on any atom is -0.506 e. The molecule has 2 aromatic heterocycles. The van der Waals surface area contributed by atoms with Gasteiger partial charge >= 0.3 is 0 Å². The van der Waals surface area contributed by atoms with Crippen molar-refractivity contribution in [3.05, 3.63) is 45.6 Å². The number of pyridine rings is 1. The Bertz CT molecular complexity index is 850. The molecule has 0 radical (unpaired) electrons. The fourth-order valence-electron chi connectivity index (χ4n) is 3.42. The molecule has 3 rings (SSSR count). The number of anilines is 1. The van der Waals surface area contributed by atoms with E-state index in [0.717, 1.165) is 36.6 Å². The number of nitrogens with one attached hydrogen (secondary N) is 1. The van der Waals surface area contributed by atoms with Crippen LogP contribution in [-0.2, 0) is 13.1 Å². The monoisotopic (exact) mass is 372 g/mol. The van der Waals surface area contributed by atoms with E-state index in [4.69, 9.17) is 0 Å². The van der Waals surface area contributed by atoms with Crippen LogP contribution in [0.5, 0.6) is 5.75 Å². The van der Waals surface area contributed by atoms with Gasteiger partial charge in [-0.05, 0) is 32.5 Å². The predicted molar refractivity (Wildman–Crippen MR) is 105 cm³/mol. The van der Waals surface area contributed by atoms with E-state index >= 15 is 0 Å². The Morgan fingerprint density at radius 3 is 2.81 bits per heavy atom. The van der Waals surface area contributed by atoms with Crippen LogP contribution in [-0.4, -0.2) is 70.1 Å². The number of aryl methyl sites for hydroxylation is 1. The number of hydrogen-bond acceptors (Lipinski definition) is 7. The zero-order chi connectivity index (χ0) is 19.6. The van der Waals surface area contributed by atoms with Crippen LogP contribution in [0.1, 0.15) is 23.5 Å². The largest absolute Gasteiger partial charge is 0.506 e. The van der Waals surface area contributed by atoms with E-state index in [1.165, 1.54) is 0 Å². The van der Waals surface area contributed by atoms with E-state index in [-0.39, 0.29) is 11.3 Å². The number of hydrogen-bond donors (Lipinski definition) is 2. The third kappa shape index (κ3) is 4.84. The van der Waals surface area contributed by atoms with Gasteiger partial charge in [0.25, 0.3) is 5.56 Å². The van der Waals surface area contributed by atoms with Crippen LogP contribution in [0.3, 0.4) is 0 Å². The van der Waals surface area contributed by atoms with Crippen molar-refractivity contribution in [2.24, 2.45) is 0 Å². The minimum atomic E-state index is -0.133. The molecule has 0 amide bonds. The van der Waals surface area contributed by atoms with E-state index in [0.29, 0.717) is 25.1 Å². The second-order valence-electron chi connectivity index (χ2n) is 7.47. The molecule has 0 aliphatic carbocycles. The number of nitrogens with zero attached hydrogens (tertiary/aromatic N) is 5. The van der Waals surface area contributed by atoms with E-state index in [1.807, 2.05) is 27.1 Å². The van der Waals surface area contributed by atoms with Crippen molar-refractivity contribution < 1.29 is 5.11 Å². The van der Waals surface area contributed by atoms with Crippen molar-refractivity contribution in [1.82, 2.24) is 24.8 Å². The highest BCUT2D eigenvalue weighted by Gasteiger charge is 2.27. The molecule has 8 nitrogen and oxygen atoms in total. The van der Waals surface area contributed by atoms with Crippen molar-refractivity contribution in [2.45, 2.75) is 32.5 Å². The third-order valence-electron chi connectivity index (χ3n) is 4.95. The molecule has 3 heterocycles. The summed E-state index contributed by atoms with van der Waals surface area (Å²) in [5, 5.41) is 10.0. The van der Waals surface area contributed by atoms with E-state index in [9.17, 15) is 9.90 Å². The lowest BCUT2D eigenvalue weighted by Gasteiger charge is -2.24. The number of aromatic amines is 1. The number of aromatic nitrogens is 3. The van der Waals surface area contributed by atoms with Gasteiger partial charge in [-0.25, -0.2) is 4.98 Å². The van der Waals surface area contributed by atoms with Gasteiger partial charge in [0.1, 0.15) is 5.75 Å². The first-order chi connectivity index (χ1) is 12.8. The van der Waals surface area contributed by atoms with Gasteiger partial charge in [0.15, 0.2) is 0 Å². The second-order valence-corrected chi connectivity index (χ2v) is 7.47. The minimum absolute atomic E-state index is 0.133. The van der Waals surface area contributed by atoms with Crippen molar-refractivity contribution in [3.63, 3.8) is 0 Å². The Morgan fingerprint density at radius 2 is 2.07 bits per heavy atom. The smallest absolute Gasteiger partial charge is 0.252 e. The highest BCUT2D eigenvalue weighted by Crippen LogP contribution is 2.22. The number of rotatable bonds is 6. The highest BCUT2D eigenvalue weighted by molar-refractivity contribution is 5.28. The van der Waals surface area contributed by atoms with Crippen molar-refractivity contribution in [3.8, 4) is 5.75 Å². The van der Waals surface area contributed by atoms with Gasteiger partial charge in [0.2, 0.25) is 5.95 Å². The molecule has 1 aliphatic heterocycles. The van der Waals surface area contributed by atoms with Crippen LogP contribution in [0.25, 0.3) is 0 Å². The van der Waals surface area contributed by atoms with E-state index < -0.39 is 0 Å². The van der Waals surface area contributed by atoms with Crippen LogP contribution in [0.2, 0.25) is 0 Å². The van der Waals surface area contributed by atoms with E-state index in [1.54, 1.807) is 17.0 Å². The van der Waals surface area contributed by atoms with Gasteiger partial charge in [-0.1, -0.05) is 0 Å². The van der Waals surface area contributed by atoms with E-state index in [2.05, 4.69) is 31.8 Å². The zero-order valence-corrected chi connectivity index (χ0v) is 16.4. The molecule has 2 N–H and O–H groups in total. The molecule has 0 unspecified atom stereocenters. The molecule has 146 valence electrons. The van der Waals surface area contributed by atoms with Gasteiger partial charge < -0.3 is 10.0 Å². The van der Waals surface area contributed by atoms with Gasteiger partial charge in [-0.2, -0.15) is 0 Å². The molecular formula is C19H28N6O2. The molecule has 1 saturated heterocycles. The maximum atomic E-state index is 11.9. The summed E-state index contributed by atoms with van der Waals surface area (Å²) in [5.41, 5.74) is 2.27. The quantitative estimate of drug-likeness (QED) is 0.780. The first-order valence-corrected chi connectivity index (χ1v) is 9.17. The summed E-state index contributed by atoms with van der Waals surface area (Å²) >= 11 is 0. The van der Waals surface area contributed by atoms with Gasteiger partial charge in [0, 0.05) is 58.1 Å². The molecule has 0 bridgehead atoms. The zero-order valence-electron chi connectivity index (χ0n) is 16.4. The Kier molecular flexibility index (Phi) is 5.76. The number of likely N-dealkylation sites (tertiary alicyclic amines) is 1. The average molecular weight is 372 g/mol. The first-order valence-electron chi connectivity index (χ1n) is 9.17. The lowest BCUT2D eigenvalue weighted by atomic mass is 10.2. The summed E-state index contributed by atoms with van der Waals surface area (Å²) in [5.74, 6) is 0.821. The fourth-order valence-corrected chi connectivity index (χ4v) is 3.42. The highest BCUT2D eigenvalue weighted by atomic mass is 16.3. The van der Waals surface area contributed by atoms with Crippen molar-refractivity contribution in [1.29, 1.82) is 0 Å². The second kappa shape index (κ2) is 8.06. The molecule has 0 saturated carbocycles. The number of H-pyrrole nitrogens is 1. The standard InChI is InChI=1S/C19H28N6O2/c1-13-5-6-17(26)16(20-13)12-25-8-7-15(11-25)24(4)10-14-9-18(27)22-19(21-14)23(2)3/h5-6,9,15,26H,7-8,10-12H2,1-4H3,(H,21,22,27)/t15-/m0/s1. The molecule has 1 atom stereocenters. The molecule has 1 aliphatic rings. The van der Waals surface area contributed by atoms with Gasteiger partial charge in [-0.3, -0.25) is 24.6 Å². The summed E-state index contributed by atoms with van der Waals surface area (Å²) in [4.78, 5) is 29.9. The topological polar surface area (TPSA) is 88.6 Å². The summed E-state index contributed by atoms with van der Waals surface area (Å²) < 4.78 is 0. The Morgan fingerprint density at radius 1 is 1.30 bits per heavy atom. The maximum Gasteiger partial charge on any atom is 0.252 e. The molecule has 0 aromatic carbocycles. The van der Waals surface area contributed by atoms with Gasteiger partial charge in [-0.15, -0.1) is 0 Å². The fraction of sp³-hybridized carbons (Fsp3) is 0.526. The maximum absolute atomic E-state index is 11.9. The lowest BCUT2D eigenvalue weighted by molar-refractivity contribution is 0.219. The van der Waals surface area contributed by atoms with Gasteiger partial charge in [0.05, 0.1) is 11.4 Å². The van der Waals surface area contributed by atoms with Crippen LogP contribution in [0, 0.1) is 6.92 Å². The molecule has 27 heavy (non-hydrogen) atoms. The Hall–Kier alpha value is -2.45. The summed E-state index contributed by atoms with van der Waals surface area (Å²) in [6, 6.07) is 5.46. The number of likely N-dealkylation sites (N-methyl/N-ethyl adjacent to an activating group) is 1. The summed E-state index contributed by atoms with van der Waals surface area (Å²) in [6.45, 7) is 5.05. The lowest BCUT2D eigenvalue weighted by Crippen LogP contribution is -2.34. The average Bonchev–Trinajstić information content (AvgIpc) is 3.06. The molecule has 1 fully saturated rings. The van der Waals surface area contributed by atoms with Crippen molar-refractivity contribution >= 4 is 5.95 Å². The van der Waals surface area contributed by atoms with Crippen LogP contribution in [0.15, 0.2) is 23.0 Å². The van der Waals surface area contributed by atoms with Crippen LogP contribution in [0.4, 0.5) is 5.95 Å².